The zero-order chi connectivity index (χ0) is 10.7. The third kappa shape index (κ3) is 2.69. The molecule has 1 heterocycles. The molecule has 1 aliphatic heterocycles. The van der Waals surface area contributed by atoms with Crippen molar-refractivity contribution in [3.63, 3.8) is 0 Å². The highest BCUT2D eigenvalue weighted by molar-refractivity contribution is 7.99. The van der Waals surface area contributed by atoms with Crippen LogP contribution in [-0.4, -0.2) is 46.7 Å². The summed E-state index contributed by atoms with van der Waals surface area (Å²) in [5.41, 5.74) is 0. The van der Waals surface area contributed by atoms with E-state index in [9.17, 15) is 0 Å². The Morgan fingerprint density at radius 2 is 2.20 bits per heavy atom. The third-order valence-corrected chi connectivity index (χ3v) is 5.15. The molecule has 1 saturated carbocycles. The van der Waals surface area contributed by atoms with Gasteiger partial charge in [-0.2, -0.15) is 11.8 Å². The van der Waals surface area contributed by atoms with Crippen molar-refractivity contribution in [2.45, 2.75) is 43.9 Å². The van der Waals surface area contributed by atoms with Crippen molar-refractivity contribution in [2.75, 3.05) is 25.4 Å². The number of nitrogens with zero attached hydrogens (tertiary/aromatic N) is 1. The first-order valence-electron chi connectivity index (χ1n) is 6.31. The molecule has 88 valence electrons. The summed E-state index contributed by atoms with van der Waals surface area (Å²) in [4.78, 5) is 2.64. The van der Waals surface area contributed by atoms with Gasteiger partial charge in [0, 0.05) is 24.4 Å². The van der Waals surface area contributed by atoms with Gasteiger partial charge < -0.3 is 5.11 Å². The Balaban J connectivity index is 1.87. The van der Waals surface area contributed by atoms with E-state index in [2.05, 4.69) is 23.6 Å². The van der Waals surface area contributed by atoms with Crippen molar-refractivity contribution in [1.29, 1.82) is 0 Å². The van der Waals surface area contributed by atoms with Crippen LogP contribution < -0.4 is 0 Å². The minimum Gasteiger partial charge on any atom is -0.396 e. The third-order valence-electron chi connectivity index (χ3n) is 3.84. The van der Waals surface area contributed by atoms with E-state index in [1.807, 2.05) is 0 Å². The van der Waals surface area contributed by atoms with Crippen molar-refractivity contribution < 1.29 is 5.11 Å². The Labute approximate surface area is 97.4 Å². The number of aliphatic hydroxyl groups excluding tert-OH is 1. The van der Waals surface area contributed by atoms with Gasteiger partial charge in [-0.15, -0.1) is 0 Å². The highest BCUT2D eigenvalue weighted by atomic mass is 32.2. The monoisotopic (exact) mass is 229 g/mol. The maximum atomic E-state index is 9.16. The molecule has 0 amide bonds. The molecule has 3 heteroatoms. The van der Waals surface area contributed by atoms with Gasteiger partial charge in [-0.05, 0) is 37.5 Å². The van der Waals surface area contributed by atoms with E-state index in [1.54, 1.807) is 0 Å². The molecule has 0 bridgehead atoms. The first kappa shape index (κ1) is 11.7. The second-order valence-corrected chi connectivity index (χ2v) is 6.34. The number of likely N-dealkylation sites (tertiary alicyclic amines) is 1. The Morgan fingerprint density at radius 1 is 1.33 bits per heavy atom. The van der Waals surface area contributed by atoms with E-state index in [4.69, 9.17) is 5.11 Å². The van der Waals surface area contributed by atoms with Crippen LogP contribution in [-0.2, 0) is 0 Å². The van der Waals surface area contributed by atoms with E-state index in [0.29, 0.717) is 12.5 Å². The standard InChI is InChI=1S/C12H23NOS/c1-2-15-12-5-3-4-11(12)13-7-6-10(8-13)9-14/h10-12,14H,2-9H2,1H3. The largest absolute Gasteiger partial charge is 0.396 e. The summed E-state index contributed by atoms with van der Waals surface area (Å²) in [5.74, 6) is 1.80. The van der Waals surface area contributed by atoms with Gasteiger partial charge in [0.15, 0.2) is 0 Å². The first-order chi connectivity index (χ1) is 7.35. The van der Waals surface area contributed by atoms with Crippen LogP contribution in [0, 0.1) is 5.92 Å². The van der Waals surface area contributed by atoms with Crippen LogP contribution >= 0.6 is 11.8 Å². The van der Waals surface area contributed by atoms with Crippen LogP contribution in [0.4, 0.5) is 0 Å². The van der Waals surface area contributed by atoms with Crippen LogP contribution in [0.1, 0.15) is 32.6 Å². The fourth-order valence-electron chi connectivity index (χ4n) is 3.05. The molecule has 0 aromatic rings. The van der Waals surface area contributed by atoms with Gasteiger partial charge in [-0.1, -0.05) is 13.3 Å². The van der Waals surface area contributed by atoms with Crippen LogP contribution in [0.5, 0.6) is 0 Å². The van der Waals surface area contributed by atoms with E-state index in [0.717, 1.165) is 17.8 Å². The Morgan fingerprint density at radius 3 is 2.87 bits per heavy atom. The van der Waals surface area contributed by atoms with Crippen molar-refractivity contribution in [3.05, 3.63) is 0 Å². The SMILES string of the molecule is CCSC1CCCC1N1CCC(CO)C1. The normalized spacial score (nSPS) is 37.6. The molecule has 15 heavy (non-hydrogen) atoms. The molecule has 3 atom stereocenters. The molecular formula is C12H23NOS. The van der Waals surface area contributed by atoms with E-state index < -0.39 is 0 Å². The summed E-state index contributed by atoms with van der Waals surface area (Å²) in [6, 6.07) is 0.812. The number of rotatable bonds is 4. The van der Waals surface area contributed by atoms with E-state index in [1.165, 1.54) is 38.0 Å². The molecule has 0 spiro atoms. The minimum absolute atomic E-state index is 0.384. The highest BCUT2D eigenvalue weighted by Gasteiger charge is 2.35. The van der Waals surface area contributed by atoms with Gasteiger partial charge in [-0.3, -0.25) is 4.90 Å². The smallest absolute Gasteiger partial charge is 0.0471 e. The zero-order valence-corrected chi connectivity index (χ0v) is 10.5. The molecule has 1 N–H and O–H groups in total. The highest BCUT2D eigenvalue weighted by Crippen LogP contribution is 2.35. The predicted molar refractivity (Wildman–Crippen MR) is 66.3 cm³/mol. The molecule has 2 fully saturated rings. The van der Waals surface area contributed by atoms with Crippen molar-refractivity contribution in [1.82, 2.24) is 4.90 Å². The fourth-order valence-corrected chi connectivity index (χ4v) is 4.34. The lowest BCUT2D eigenvalue weighted by molar-refractivity contribution is 0.201. The lowest BCUT2D eigenvalue weighted by Crippen LogP contribution is -2.37. The number of hydrogen-bond acceptors (Lipinski definition) is 3. The molecule has 0 aromatic carbocycles. The first-order valence-corrected chi connectivity index (χ1v) is 7.36. The fraction of sp³-hybridized carbons (Fsp3) is 1.00. The van der Waals surface area contributed by atoms with E-state index >= 15 is 0 Å². The lowest BCUT2D eigenvalue weighted by atomic mass is 10.1. The summed E-state index contributed by atoms with van der Waals surface area (Å²) in [7, 11) is 0. The van der Waals surface area contributed by atoms with Crippen molar-refractivity contribution in [3.8, 4) is 0 Å². The average Bonchev–Trinajstić information content (AvgIpc) is 2.85. The summed E-state index contributed by atoms with van der Waals surface area (Å²) in [5, 5.41) is 10.0. The molecule has 1 aliphatic carbocycles. The molecule has 2 rings (SSSR count). The van der Waals surface area contributed by atoms with Crippen molar-refractivity contribution in [2.24, 2.45) is 5.92 Å². The van der Waals surface area contributed by atoms with Crippen LogP contribution in [0.3, 0.4) is 0 Å². The van der Waals surface area contributed by atoms with Crippen LogP contribution in [0.25, 0.3) is 0 Å². The average molecular weight is 229 g/mol. The van der Waals surface area contributed by atoms with Gasteiger partial charge >= 0.3 is 0 Å². The van der Waals surface area contributed by atoms with Gasteiger partial charge in [0.25, 0.3) is 0 Å². The second kappa shape index (κ2) is 5.55. The second-order valence-electron chi connectivity index (χ2n) is 4.82. The minimum atomic E-state index is 0.384. The zero-order valence-electron chi connectivity index (χ0n) is 9.69. The number of hydrogen-bond donors (Lipinski definition) is 1. The van der Waals surface area contributed by atoms with Gasteiger partial charge in [0.1, 0.15) is 0 Å². The van der Waals surface area contributed by atoms with Gasteiger partial charge in [0.2, 0.25) is 0 Å². The molecule has 1 saturated heterocycles. The number of thioether (sulfide) groups is 1. The van der Waals surface area contributed by atoms with Crippen LogP contribution in [0.2, 0.25) is 0 Å². The molecular weight excluding hydrogens is 206 g/mol. The predicted octanol–water partition coefficient (Wildman–Crippen LogP) is 1.97. The van der Waals surface area contributed by atoms with Gasteiger partial charge in [0.05, 0.1) is 0 Å². The maximum Gasteiger partial charge on any atom is 0.0471 e. The summed E-state index contributed by atoms with van der Waals surface area (Å²) < 4.78 is 0. The summed E-state index contributed by atoms with van der Waals surface area (Å²) in [6.07, 6.45) is 5.40. The number of aliphatic hydroxyl groups is 1. The van der Waals surface area contributed by atoms with Gasteiger partial charge in [-0.25, -0.2) is 0 Å². The Kier molecular flexibility index (Phi) is 4.35. The Bertz CT molecular complexity index is 200. The summed E-state index contributed by atoms with van der Waals surface area (Å²) >= 11 is 2.14. The molecule has 3 unspecified atom stereocenters. The maximum absolute atomic E-state index is 9.16. The molecule has 2 aliphatic rings. The Hall–Kier alpha value is 0.270. The lowest BCUT2D eigenvalue weighted by Gasteiger charge is -2.29. The molecule has 0 aromatic heterocycles. The topological polar surface area (TPSA) is 23.5 Å². The molecule has 0 radical (unpaired) electrons. The quantitative estimate of drug-likeness (QED) is 0.797. The van der Waals surface area contributed by atoms with E-state index in [-0.39, 0.29) is 0 Å². The van der Waals surface area contributed by atoms with Crippen LogP contribution in [0.15, 0.2) is 0 Å². The van der Waals surface area contributed by atoms with Crippen molar-refractivity contribution >= 4 is 11.8 Å². The summed E-state index contributed by atoms with van der Waals surface area (Å²) in [6.45, 7) is 5.01. The molecule has 2 nitrogen and oxygen atoms in total.